The van der Waals surface area contributed by atoms with Crippen LogP contribution < -0.4 is 0 Å². The van der Waals surface area contributed by atoms with Crippen molar-refractivity contribution in [2.24, 2.45) is 5.92 Å². The third-order valence-electron chi connectivity index (χ3n) is 4.01. The van der Waals surface area contributed by atoms with Crippen molar-refractivity contribution in [2.75, 3.05) is 0 Å². The Labute approximate surface area is 97.1 Å². The van der Waals surface area contributed by atoms with Crippen LogP contribution in [-0.2, 0) is 6.42 Å². The first-order chi connectivity index (χ1) is 7.92. The maximum atomic E-state index is 4.59. The summed E-state index contributed by atoms with van der Waals surface area (Å²) in [4.78, 5) is 4.59. The molecule has 0 amide bonds. The Hall–Kier alpha value is -0.860. The zero-order valence-electron chi connectivity index (χ0n) is 9.91. The van der Waals surface area contributed by atoms with Gasteiger partial charge in [-0.3, -0.25) is 5.10 Å². The second-order valence-electron chi connectivity index (χ2n) is 5.46. The monoisotopic (exact) mass is 219 g/mol. The second kappa shape index (κ2) is 4.56. The highest BCUT2D eigenvalue weighted by atomic mass is 15.2. The molecule has 1 aromatic rings. The maximum absolute atomic E-state index is 4.59. The molecule has 0 bridgehead atoms. The van der Waals surface area contributed by atoms with Crippen molar-refractivity contribution in [2.45, 2.75) is 63.7 Å². The number of H-pyrrole nitrogens is 1. The van der Waals surface area contributed by atoms with Gasteiger partial charge in [0.15, 0.2) is 5.82 Å². The Balaban J connectivity index is 1.49. The quantitative estimate of drug-likeness (QED) is 0.845. The van der Waals surface area contributed by atoms with Crippen LogP contribution in [0, 0.1) is 5.92 Å². The van der Waals surface area contributed by atoms with E-state index in [4.69, 9.17) is 0 Å². The molecule has 1 heterocycles. The fraction of sp³-hybridized carbons (Fsp3) is 0.846. The SMILES string of the molecule is C1CCC(CCc2nc(C3CC3)n[nH]2)CC1. The van der Waals surface area contributed by atoms with Crippen LogP contribution in [-0.4, -0.2) is 15.2 Å². The second-order valence-corrected chi connectivity index (χ2v) is 5.46. The summed E-state index contributed by atoms with van der Waals surface area (Å²) in [6.45, 7) is 0. The molecule has 1 N–H and O–H groups in total. The molecule has 0 spiro atoms. The van der Waals surface area contributed by atoms with E-state index in [1.165, 1.54) is 51.4 Å². The summed E-state index contributed by atoms with van der Waals surface area (Å²) in [7, 11) is 0. The molecule has 0 atom stereocenters. The number of aryl methyl sites for hydroxylation is 1. The molecule has 0 saturated heterocycles. The van der Waals surface area contributed by atoms with Gasteiger partial charge in [0.25, 0.3) is 0 Å². The number of hydrogen-bond donors (Lipinski definition) is 1. The Morgan fingerprint density at radius 3 is 2.62 bits per heavy atom. The number of nitrogens with zero attached hydrogens (tertiary/aromatic N) is 2. The summed E-state index contributed by atoms with van der Waals surface area (Å²) in [5.41, 5.74) is 0. The van der Waals surface area contributed by atoms with Gasteiger partial charge < -0.3 is 0 Å². The molecule has 0 radical (unpaired) electrons. The van der Waals surface area contributed by atoms with Crippen molar-refractivity contribution in [3.63, 3.8) is 0 Å². The predicted octanol–water partition coefficient (Wildman–Crippen LogP) is 3.20. The first-order valence-corrected chi connectivity index (χ1v) is 6.83. The highest BCUT2D eigenvalue weighted by molar-refractivity contribution is 5.05. The number of nitrogens with one attached hydrogen (secondary N) is 1. The zero-order chi connectivity index (χ0) is 10.8. The number of hydrogen-bond acceptors (Lipinski definition) is 2. The van der Waals surface area contributed by atoms with E-state index in [1.54, 1.807) is 0 Å². The van der Waals surface area contributed by atoms with Crippen LogP contribution in [0.25, 0.3) is 0 Å². The van der Waals surface area contributed by atoms with Gasteiger partial charge >= 0.3 is 0 Å². The van der Waals surface area contributed by atoms with Crippen LogP contribution in [0.2, 0.25) is 0 Å². The van der Waals surface area contributed by atoms with E-state index in [0.29, 0.717) is 5.92 Å². The minimum atomic E-state index is 0.680. The van der Waals surface area contributed by atoms with Gasteiger partial charge in [-0.25, -0.2) is 4.98 Å². The lowest BCUT2D eigenvalue weighted by Gasteiger charge is -2.20. The number of aromatic nitrogens is 3. The minimum Gasteiger partial charge on any atom is -0.263 e. The van der Waals surface area contributed by atoms with Gasteiger partial charge in [-0.1, -0.05) is 32.1 Å². The summed E-state index contributed by atoms with van der Waals surface area (Å²) < 4.78 is 0. The molecule has 3 nitrogen and oxygen atoms in total. The van der Waals surface area contributed by atoms with Crippen molar-refractivity contribution >= 4 is 0 Å². The Morgan fingerprint density at radius 1 is 1.06 bits per heavy atom. The Kier molecular flexibility index (Phi) is 2.94. The molecule has 0 aromatic carbocycles. The van der Waals surface area contributed by atoms with Crippen LogP contribution in [0.15, 0.2) is 0 Å². The molecular formula is C13H21N3. The van der Waals surface area contributed by atoms with Crippen LogP contribution in [0.1, 0.15) is 68.9 Å². The summed E-state index contributed by atoms with van der Waals surface area (Å²) >= 11 is 0. The fourth-order valence-electron chi connectivity index (χ4n) is 2.76. The molecule has 2 saturated carbocycles. The van der Waals surface area contributed by atoms with Crippen molar-refractivity contribution in [1.82, 2.24) is 15.2 Å². The van der Waals surface area contributed by atoms with E-state index in [2.05, 4.69) is 15.2 Å². The summed E-state index contributed by atoms with van der Waals surface area (Å²) in [6.07, 6.45) is 12.2. The first kappa shape index (κ1) is 10.3. The van der Waals surface area contributed by atoms with Crippen molar-refractivity contribution in [3.05, 3.63) is 11.6 Å². The molecule has 2 aliphatic carbocycles. The van der Waals surface area contributed by atoms with Gasteiger partial charge in [-0.05, 0) is 25.2 Å². The van der Waals surface area contributed by atoms with Gasteiger partial charge in [0, 0.05) is 12.3 Å². The smallest absolute Gasteiger partial charge is 0.153 e. The third-order valence-corrected chi connectivity index (χ3v) is 4.01. The van der Waals surface area contributed by atoms with Crippen LogP contribution >= 0.6 is 0 Å². The summed E-state index contributed by atoms with van der Waals surface area (Å²) in [5, 5.41) is 7.41. The zero-order valence-corrected chi connectivity index (χ0v) is 9.91. The van der Waals surface area contributed by atoms with E-state index in [-0.39, 0.29) is 0 Å². The molecule has 0 aliphatic heterocycles. The van der Waals surface area contributed by atoms with E-state index in [1.807, 2.05) is 0 Å². The normalized spacial score (nSPS) is 22.5. The van der Waals surface area contributed by atoms with Crippen LogP contribution in [0.3, 0.4) is 0 Å². The van der Waals surface area contributed by atoms with Crippen molar-refractivity contribution in [1.29, 1.82) is 0 Å². The molecule has 0 unspecified atom stereocenters. The van der Waals surface area contributed by atoms with Gasteiger partial charge in [-0.2, -0.15) is 5.10 Å². The Bertz CT molecular complexity index is 335. The largest absolute Gasteiger partial charge is 0.263 e. The average Bonchev–Trinajstić information content (AvgIpc) is 3.08. The summed E-state index contributed by atoms with van der Waals surface area (Å²) in [6, 6.07) is 0. The van der Waals surface area contributed by atoms with E-state index in [9.17, 15) is 0 Å². The van der Waals surface area contributed by atoms with Crippen LogP contribution in [0.5, 0.6) is 0 Å². The molecule has 16 heavy (non-hydrogen) atoms. The van der Waals surface area contributed by atoms with Crippen LogP contribution in [0.4, 0.5) is 0 Å². The van der Waals surface area contributed by atoms with Gasteiger partial charge in [0.05, 0.1) is 0 Å². The Morgan fingerprint density at radius 2 is 1.88 bits per heavy atom. The molecule has 3 rings (SSSR count). The van der Waals surface area contributed by atoms with E-state index < -0.39 is 0 Å². The van der Waals surface area contributed by atoms with Gasteiger partial charge in [-0.15, -0.1) is 0 Å². The molecule has 2 fully saturated rings. The standard InChI is InChI=1S/C13H21N3/c1-2-4-10(5-3-1)6-9-12-14-13(16-15-12)11-7-8-11/h10-11H,1-9H2,(H,14,15,16). The van der Waals surface area contributed by atoms with Gasteiger partial charge in [0.1, 0.15) is 5.82 Å². The van der Waals surface area contributed by atoms with Gasteiger partial charge in [0.2, 0.25) is 0 Å². The van der Waals surface area contributed by atoms with Crippen molar-refractivity contribution in [3.8, 4) is 0 Å². The van der Waals surface area contributed by atoms with Crippen molar-refractivity contribution < 1.29 is 0 Å². The summed E-state index contributed by atoms with van der Waals surface area (Å²) in [5.74, 6) is 3.81. The highest BCUT2D eigenvalue weighted by Crippen LogP contribution is 2.37. The average molecular weight is 219 g/mol. The van der Waals surface area contributed by atoms with E-state index in [0.717, 1.165) is 24.0 Å². The maximum Gasteiger partial charge on any atom is 0.153 e. The topological polar surface area (TPSA) is 41.6 Å². The molecular weight excluding hydrogens is 198 g/mol. The lowest BCUT2D eigenvalue weighted by molar-refractivity contribution is 0.337. The third kappa shape index (κ3) is 2.45. The molecule has 88 valence electrons. The number of aromatic amines is 1. The minimum absolute atomic E-state index is 0.680. The fourth-order valence-corrected chi connectivity index (χ4v) is 2.76. The number of rotatable bonds is 4. The molecule has 2 aliphatic rings. The first-order valence-electron chi connectivity index (χ1n) is 6.83. The molecule has 3 heteroatoms. The lowest BCUT2D eigenvalue weighted by Crippen LogP contribution is -2.07. The highest BCUT2D eigenvalue weighted by Gasteiger charge is 2.27. The predicted molar refractivity (Wildman–Crippen MR) is 63.3 cm³/mol. The molecule has 1 aromatic heterocycles. The lowest BCUT2D eigenvalue weighted by atomic mass is 9.86. The van der Waals surface area contributed by atoms with E-state index >= 15 is 0 Å².